The van der Waals surface area contributed by atoms with Crippen LogP contribution in [-0.4, -0.2) is 28.2 Å². The molecule has 16 heavy (non-hydrogen) atoms. The molecule has 1 saturated heterocycles. The SMILES string of the molecule is CC(CN1C(=O)CC(C)(C)CC1=O)C(N)=S. The van der Waals surface area contributed by atoms with Gasteiger partial charge < -0.3 is 5.73 Å². The number of carbonyl (C=O) groups excluding carboxylic acids is 2. The number of hydrogen-bond acceptors (Lipinski definition) is 3. The molecule has 90 valence electrons. The number of nitrogens with zero attached hydrogens (tertiary/aromatic N) is 1. The molecular formula is C11H18N2O2S. The minimum Gasteiger partial charge on any atom is -0.393 e. The van der Waals surface area contributed by atoms with Crippen molar-refractivity contribution in [2.75, 3.05) is 6.54 Å². The average molecular weight is 242 g/mol. The fourth-order valence-electron chi connectivity index (χ4n) is 1.78. The second-order valence-electron chi connectivity index (χ2n) is 5.22. The van der Waals surface area contributed by atoms with Crippen LogP contribution in [-0.2, 0) is 9.59 Å². The highest BCUT2D eigenvalue weighted by Crippen LogP contribution is 2.31. The fraction of sp³-hybridized carbons (Fsp3) is 0.727. The summed E-state index contributed by atoms with van der Waals surface area (Å²) in [7, 11) is 0. The third-order valence-corrected chi connectivity index (χ3v) is 3.21. The van der Waals surface area contributed by atoms with Crippen LogP contribution in [0.15, 0.2) is 0 Å². The normalized spacial score (nSPS) is 22.1. The van der Waals surface area contributed by atoms with Gasteiger partial charge in [0.1, 0.15) is 0 Å². The molecule has 1 atom stereocenters. The lowest BCUT2D eigenvalue weighted by atomic mass is 9.81. The maximum Gasteiger partial charge on any atom is 0.229 e. The van der Waals surface area contributed by atoms with Gasteiger partial charge in [0.2, 0.25) is 11.8 Å². The molecule has 0 bridgehead atoms. The van der Waals surface area contributed by atoms with E-state index in [1.165, 1.54) is 4.90 Å². The predicted molar refractivity (Wildman–Crippen MR) is 65.7 cm³/mol. The maximum absolute atomic E-state index is 11.8. The Morgan fingerprint density at radius 3 is 2.25 bits per heavy atom. The van der Waals surface area contributed by atoms with Crippen molar-refractivity contribution in [3.63, 3.8) is 0 Å². The van der Waals surface area contributed by atoms with Crippen LogP contribution in [0.1, 0.15) is 33.6 Å². The fourth-order valence-corrected chi connectivity index (χ4v) is 1.85. The number of carbonyl (C=O) groups is 2. The zero-order valence-electron chi connectivity index (χ0n) is 9.95. The number of thiocarbonyl (C=S) groups is 1. The van der Waals surface area contributed by atoms with E-state index < -0.39 is 0 Å². The number of amides is 2. The van der Waals surface area contributed by atoms with Crippen LogP contribution in [0.25, 0.3) is 0 Å². The van der Waals surface area contributed by atoms with Crippen LogP contribution in [0.5, 0.6) is 0 Å². The van der Waals surface area contributed by atoms with Gasteiger partial charge in [-0.1, -0.05) is 33.0 Å². The standard InChI is InChI=1S/C11H18N2O2S/c1-7(10(12)16)6-13-8(14)4-11(2,3)5-9(13)15/h7H,4-6H2,1-3H3,(H2,12,16). The van der Waals surface area contributed by atoms with E-state index >= 15 is 0 Å². The second kappa shape index (κ2) is 4.49. The molecule has 4 nitrogen and oxygen atoms in total. The van der Waals surface area contributed by atoms with Crippen LogP contribution >= 0.6 is 12.2 Å². The van der Waals surface area contributed by atoms with E-state index in [1.807, 2.05) is 20.8 Å². The molecule has 0 saturated carbocycles. The molecule has 2 N–H and O–H groups in total. The van der Waals surface area contributed by atoms with E-state index in [0.29, 0.717) is 24.4 Å². The molecule has 2 amide bonds. The molecule has 0 aromatic heterocycles. The smallest absolute Gasteiger partial charge is 0.229 e. The molecule has 1 aliphatic rings. The lowest BCUT2D eigenvalue weighted by Crippen LogP contribution is -2.48. The number of piperidine rings is 1. The van der Waals surface area contributed by atoms with Crippen LogP contribution in [0.2, 0.25) is 0 Å². The first-order chi connectivity index (χ1) is 7.23. The van der Waals surface area contributed by atoms with Gasteiger partial charge >= 0.3 is 0 Å². The minimum atomic E-state index is -0.225. The first-order valence-corrected chi connectivity index (χ1v) is 5.76. The Bertz CT molecular complexity index is 319. The number of imide groups is 1. The number of likely N-dealkylation sites (tertiary alicyclic amines) is 1. The largest absolute Gasteiger partial charge is 0.393 e. The van der Waals surface area contributed by atoms with Crippen molar-refractivity contribution >= 4 is 29.0 Å². The van der Waals surface area contributed by atoms with Gasteiger partial charge in [0.15, 0.2) is 0 Å². The summed E-state index contributed by atoms with van der Waals surface area (Å²) < 4.78 is 0. The molecule has 0 aromatic rings. The average Bonchev–Trinajstić information content (AvgIpc) is 2.09. The summed E-state index contributed by atoms with van der Waals surface area (Å²) in [5, 5.41) is 0. The molecule has 1 rings (SSSR count). The van der Waals surface area contributed by atoms with Crippen LogP contribution in [0, 0.1) is 11.3 Å². The Kier molecular flexibility index (Phi) is 3.68. The third kappa shape index (κ3) is 3.01. The maximum atomic E-state index is 11.8. The monoisotopic (exact) mass is 242 g/mol. The van der Waals surface area contributed by atoms with Gasteiger partial charge in [-0.15, -0.1) is 0 Å². The van der Waals surface area contributed by atoms with Gasteiger partial charge in [-0.05, 0) is 5.41 Å². The molecule has 1 fully saturated rings. The Hall–Kier alpha value is -0.970. The Balaban J connectivity index is 2.72. The number of rotatable bonds is 3. The molecule has 0 aliphatic carbocycles. The first kappa shape index (κ1) is 13.1. The molecule has 1 unspecified atom stereocenters. The number of nitrogens with two attached hydrogens (primary N) is 1. The van der Waals surface area contributed by atoms with Crippen molar-refractivity contribution < 1.29 is 9.59 Å². The summed E-state index contributed by atoms with van der Waals surface area (Å²) >= 11 is 4.84. The minimum absolute atomic E-state index is 0.121. The molecular weight excluding hydrogens is 224 g/mol. The Labute approximate surface area is 101 Å². The van der Waals surface area contributed by atoms with Crippen molar-refractivity contribution in [1.29, 1.82) is 0 Å². The summed E-state index contributed by atoms with van der Waals surface area (Å²) in [6.07, 6.45) is 0.811. The lowest BCUT2D eigenvalue weighted by Gasteiger charge is -2.35. The Morgan fingerprint density at radius 2 is 1.88 bits per heavy atom. The van der Waals surface area contributed by atoms with Gasteiger partial charge in [-0.25, -0.2) is 0 Å². The second-order valence-corrected chi connectivity index (χ2v) is 5.69. The van der Waals surface area contributed by atoms with Gasteiger partial charge in [0.25, 0.3) is 0 Å². The molecule has 0 aromatic carbocycles. The molecule has 1 heterocycles. The van der Waals surface area contributed by atoms with Crippen LogP contribution < -0.4 is 5.73 Å². The van der Waals surface area contributed by atoms with E-state index in [-0.39, 0.29) is 23.1 Å². The van der Waals surface area contributed by atoms with Crippen LogP contribution in [0.3, 0.4) is 0 Å². The van der Waals surface area contributed by atoms with E-state index in [2.05, 4.69) is 0 Å². The topological polar surface area (TPSA) is 63.4 Å². The summed E-state index contributed by atoms with van der Waals surface area (Å²) in [4.78, 5) is 25.2. The molecule has 0 radical (unpaired) electrons. The van der Waals surface area contributed by atoms with Crippen molar-refractivity contribution in [2.24, 2.45) is 17.1 Å². The first-order valence-electron chi connectivity index (χ1n) is 5.35. The molecule has 0 spiro atoms. The number of hydrogen-bond donors (Lipinski definition) is 1. The van der Waals surface area contributed by atoms with Crippen molar-refractivity contribution in [3.8, 4) is 0 Å². The van der Waals surface area contributed by atoms with Crippen molar-refractivity contribution in [1.82, 2.24) is 4.90 Å². The summed E-state index contributed by atoms with van der Waals surface area (Å²) in [6.45, 7) is 5.99. The predicted octanol–water partition coefficient (Wildman–Crippen LogP) is 1.08. The summed E-state index contributed by atoms with van der Waals surface area (Å²) in [5.41, 5.74) is 5.25. The summed E-state index contributed by atoms with van der Waals surface area (Å²) in [6, 6.07) is 0. The highest BCUT2D eigenvalue weighted by molar-refractivity contribution is 7.80. The zero-order chi connectivity index (χ0) is 12.5. The van der Waals surface area contributed by atoms with Gasteiger partial charge in [-0.2, -0.15) is 0 Å². The zero-order valence-corrected chi connectivity index (χ0v) is 10.8. The quantitative estimate of drug-likeness (QED) is 0.594. The van der Waals surface area contributed by atoms with Crippen molar-refractivity contribution in [2.45, 2.75) is 33.6 Å². The highest BCUT2D eigenvalue weighted by atomic mass is 32.1. The summed E-state index contributed by atoms with van der Waals surface area (Å²) in [5.74, 6) is -0.363. The van der Waals surface area contributed by atoms with Crippen LogP contribution in [0.4, 0.5) is 0 Å². The lowest BCUT2D eigenvalue weighted by molar-refractivity contribution is -0.152. The van der Waals surface area contributed by atoms with E-state index in [4.69, 9.17) is 18.0 Å². The van der Waals surface area contributed by atoms with Gasteiger partial charge in [-0.3, -0.25) is 14.5 Å². The van der Waals surface area contributed by atoms with Crippen molar-refractivity contribution in [3.05, 3.63) is 0 Å². The molecule has 5 heteroatoms. The third-order valence-electron chi connectivity index (χ3n) is 2.80. The van der Waals surface area contributed by atoms with Gasteiger partial charge in [0.05, 0.1) is 4.99 Å². The Morgan fingerprint density at radius 1 is 1.44 bits per heavy atom. The van der Waals surface area contributed by atoms with E-state index in [1.54, 1.807) is 0 Å². The van der Waals surface area contributed by atoms with E-state index in [9.17, 15) is 9.59 Å². The highest BCUT2D eigenvalue weighted by Gasteiger charge is 2.37. The van der Waals surface area contributed by atoms with E-state index in [0.717, 1.165) is 0 Å². The molecule has 1 aliphatic heterocycles. The van der Waals surface area contributed by atoms with Gasteiger partial charge in [0, 0.05) is 25.3 Å².